The highest BCUT2D eigenvalue weighted by Crippen LogP contribution is 2.32. The molecule has 0 saturated heterocycles. The third-order valence-electron chi connectivity index (χ3n) is 4.54. The van der Waals surface area contributed by atoms with Crippen LogP contribution >= 0.6 is 27.7 Å². The molecule has 0 atom stereocenters. The van der Waals surface area contributed by atoms with E-state index in [9.17, 15) is 9.59 Å². The third-order valence-corrected chi connectivity index (χ3v) is 6.04. The van der Waals surface area contributed by atoms with Gasteiger partial charge in [0.1, 0.15) is 5.03 Å². The Morgan fingerprint density at radius 3 is 2.47 bits per heavy atom. The lowest BCUT2D eigenvalue weighted by molar-refractivity contribution is -0.115. The van der Waals surface area contributed by atoms with Gasteiger partial charge in [0.15, 0.2) is 0 Å². The maximum atomic E-state index is 12.7. The molecular formula is C22H19BrN4O2S. The molecule has 0 fully saturated rings. The first kappa shape index (κ1) is 20.4. The number of rotatable bonds is 4. The van der Waals surface area contributed by atoms with Crippen LogP contribution in [0.4, 0.5) is 21.9 Å². The molecule has 152 valence electrons. The van der Waals surface area contributed by atoms with Gasteiger partial charge in [-0.3, -0.25) is 9.69 Å². The first-order valence-electron chi connectivity index (χ1n) is 9.39. The lowest BCUT2D eigenvalue weighted by atomic mass is 10.1. The van der Waals surface area contributed by atoms with Gasteiger partial charge in [-0.15, -0.1) is 11.8 Å². The van der Waals surface area contributed by atoms with Crippen LogP contribution in [-0.2, 0) is 11.2 Å². The largest absolute Gasteiger partial charge is 0.326 e. The van der Waals surface area contributed by atoms with Crippen LogP contribution in [0.1, 0.15) is 5.56 Å². The monoisotopic (exact) mass is 482 g/mol. The Morgan fingerprint density at radius 2 is 1.70 bits per heavy atom. The minimum absolute atomic E-state index is 0.0935. The van der Waals surface area contributed by atoms with E-state index in [1.54, 1.807) is 22.9 Å². The number of carbonyl (C=O) groups is 2. The van der Waals surface area contributed by atoms with Crippen LogP contribution in [0.15, 0.2) is 76.4 Å². The Kier molecular flexibility index (Phi) is 6.35. The molecule has 8 heteroatoms. The highest BCUT2D eigenvalue weighted by atomic mass is 79.9. The number of hydrogen-bond donors (Lipinski definition) is 2. The van der Waals surface area contributed by atoms with Crippen LogP contribution in [0.25, 0.3) is 0 Å². The van der Waals surface area contributed by atoms with Gasteiger partial charge in [-0.25, -0.2) is 9.78 Å². The lowest BCUT2D eigenvalue weighted by Gasteiger charge is -2.28. The highest BCUT2D eigenvalue weighted by Gasteiger charge is 2.23. The molecule has 2 N–H and O–H groups in total. The molecule has 30 heavy (non-hydrogen) atoms. The van der Waals surface area contributed by atoms with E-state index in [2.05, 4.69) is 31.5 Å². The van der Waals surface area contributed by atoms with E-state index in [-0.39, 0.29) is 18.4 Å². The predicted molar refractivity (Wildman–Crippen MR) is 124 cm³/mol. The smallest absolute Gasteiger partial charge is 0.326 e. The molecular weight excluding hydrogens is 464 g/mol. The minimum Gasteiger partial charge on any atom is -0.326 e. The number of fused-ring (bicyclic) bond motifs is 1. The minimum atomic E-state index is -0.190. The fourth-order valence-corrected chi connectivity index (χ4v) is 4.28. The second-order valence-corrected chi connectivity index (χ2v) is 8.69. The quantitative estimate of drug-likeness (QED) is 0.537. The van der Waals surface area contributed by atoms with Crippen LogP contribution < -0.4 is 15.5 Å². The second-order valence-electron chi connectivity index (χ2n) is 6.69. The van der Waals surface area contributed by atoms with E-state index in [4.69, 9.17) is 0 Å². The van der Waals surface area contributed by atoms with Gasteiger partial charge in [-0.05, 0) is 54.1 Å². The van der Waals surface area contributed by atoms with Gasteiger partial charge in [0.05, 0.1) is 12.1 Å². The first-order chi connectivity index (χ1) is 14.6. The number of pyridine rings is 1. The molecule has 0 bridgehead atoms. The Bertz CT molecular complexity index is 1060. The van der Waals surface area contributed by atoms with Crippen molar-refractivity contribution in [2.24, 2.45) is 0 Å². The number of carbonyl (C=O) groups excluding carboxylic acids is 2. The summed E-state index contributed by atoms with van der Waals surface area (Å²) in [6.45, 7) is 0.628. The van der Waals surface area contributed by atoms with Crippen molar-refractivity contribution < 1.29 is 9.59 Å². The van der Waals surface area contributed by atoms with Gasteiger partial charge in [0.2, 0.25) is 5.91 Å². The molecule has 1 aliphatic rings. The molecule has 0 unspecified atom stereocenters. The summed E-state index contributed by atoms with van der Waals surface area (Å²) in [4.78, 5) is 31.0. The fraction of sp³-hybridized carbons (Fsp3) is 0.136. The van der Waals surface area contributed by atoms with E-state index >= 15 is 0 Å². The van der Waals surface area contributed by atoms with Crippen molar-refractivity contribution in [3.05, 3.63) is 76.9 Å². The van der Waals surface area contributed by atoms with Crippen molar-refractivity contribution in [1.29, 1.82) is 0 Å². The standard InChI is InChI=1S/C22H19BrN4O2S/c23-16-5-9-17(10-6-16)25-20(28)14-15-3-7-18(8-4-15)26-22(29)27-12-13-30-21-19(27)2-1-11-24-21/h1-11H,12-14H2,(H,25,28)(H,26,29). The summed E-state index contributed by atoms with van der Waals surface area (Å²) in [5, 5.41) is 6.66. The topological polar surface area (TPSA) is 74.3 Å². The van der Waals surface area contributed by atoms with Crippen molar-refractivity contribution in [2.45, 2.75) is 11.4 Å². The number of aromatic nitrogens is 1. The number of nitrogens with one attached hydrogen (secondary N) is 2. The average molecular weight is 483 g/mol. The lowest BCUT2D eigenvalue weighted by Crippen LogP contribution is -2.38. The van der Waals surface area contributed by atoms with Crippen molar-refractivity contribution in [3.8, 4) is 0 Å². The zero-order chi connectivity index (χ0) is 20.9. The van der Waals surface area contributed by atoms with Crippen molar-refractivity contribution in [1.82, 2.24) is 4.98 Å². The van der Waals surface area contributed by atoms with Gasteiger partial charge in [-0.2, -0.15) is 0 Å². The summed E-state index contributed by atoms with van der Waals surface area (Å²) < 4.78 is 0.959. The molecule has 0 spiro atoms. The number of benzene rings is 2. The highest BCUT2D eigenvalue weighted by molar-refractivity contribution is 9.10. The molecule has 0 aliphatic carbocycles. The SMILES string of the molecule is O=C(Cc1ccc(NC(=O)N2CCSc3ncccc32)cc1)Nc1ccc(Br)cc1. The molecule has 1 aromatic heterocycles. The van der Waals surface area contributed by atoms with Crippen LogP contribution in [0.5, 0.6) is 0 Å². The predicted octanol–water partition coefficient (Wildman–Crippen LogP) is 5.17. The van der Waals surface area contributed by atoms with Gasteiger partial charge >= 0.3 is 6.03 Å². The van der Waals surface area contributed by atoms with Crippen LogP contribution in [0.3, 0.4) is 0 Å². The van der Waals surface area contributed by atoms with E-state index < -0.39 is 0 Å². The van der Waals surface area contributed by atoms with E-state index in [0.29, 0.717) is 12.2 Å². The average Bonchev–Trinajstić information content (AvgIpc) is 2.76. The molecule has 3 amide bonds. The van der Waals surface area contributed by atoms with Gasteiger partial charge in [-0.1, -0.05) is 28.1 Å². The summed E-state index contributed by atoms with van der Waals surface area (Å²) in [6, 6.07) is 18.3. The summed E-state index contributed by atoms with van der Waals surface area (Å²) >= 11 is 5.02. The summed E-state index contributed by atoms with van der Waals surface area (Å²) in [7, 11) is 0. The van der Waals surface area contributed by atoms with E-state index in [1.807, 2.05) is 60.7 Å². The van der Waals surface area contributed by atoms with Crippen LogP contribution in [0, 0.1) is 0 Å². The zero-order valence-electron chi connectivity index (χ0n) is 16.0. The number of thioether (sulfide) groups is 1. The Balaban J connectivity index is 1.35. The van der Waals surface area contributed by atoms with E-state index in [1.165, 1.54) is 0 Å². The Labute approximate surface area is 187 Å². The Morgan fingerprint density at radius 1 is 1.00 bits per heavy atom. The maximum Gasteiger partial charge on any atom is 0.326 e. The summed E-state index contributed by atoms with van der Waals surface area (Å²) in [5.41, 5.74) is 3.13. The van der Waals surface area contributed by atoms with Crippen molar-refractivity contribution in [2.75, 3.05) is 27.8 Å². The third kappa shape index (κ3) is 5.01. The molecule has 3 aromatic rings. The number of urea groups is 1. The normalized spacial score (nSPS) is 12.8. The van der Waals surface area contributed by atoms with Crippen LogP contribution in [-0.4, -0.2) is 29.2 Å². The molecule has 6 nitrogen and oxygen atoms in total. The number of hydrogen-bond acceptors (Lipinski definition) is 4. The molecule has 0 radical (unpaired) electrons. The number of anilines is 3. The molecule has 2 heterocycles. The zero-order valence-corrected chi connectivity index (χ0v) is 18.4. The molecule has 4 rings (SSSR count). The van der Waals surface area contributed by atoms with Crippen molar-refractivity contribution in [3.63, 3.8) is 0 Å². The summed E-state index contributed by atoms with van der Waals surface area (Å²) in [6.07, 6.45) is 1.99. The molecule has 1 aliphatic heterocycles. The maximum absolute atomic E-state index is 12.7. The second kappa shape index (κ2) is 9.32. The summed E-state index contributed by atoms with van der Waals surface area (Å²) in [5.74, 6) is 0.716. The first-order valence-corrected chi connectivity index (χ1v) is 11.2. The van der Waals surface area contributed by atoms with Gasteiger partial charge in [0.25, 0.3) is 0 Å². The Hall–Kier alpha value is -2.84. The van der Waals surface area contributed by atoms with Crippen LogP contribution in [0.2, 0.25) is 0 Å². The van der Waals surface area contributed by atoms with Gasteiger partial charge in [0, 0.05) is 34.3 Å². The van der Waals surface area contributed by atoms with E-state index in [0.717, 1.165) is 32.2 Å². The molecule has 0 saturated carbocycles. The number of halogens is 1. The number of amides is 3. The molecule has 2 aromatic carbocycles. The fourth-order valence-electron chi connectivity index (χ4n) is 3.08. The van der Waals surface area contributed by atoms with Crippen molar-refractivity contribution >= 4 is 56.7 Å². The van der Waals surface area contributed by atoms with Gasteiger partial charge < -0.3 is 10.6 Å². The number of nitrogens with zero attached hydrogens (tertiary/aromatic N) is 2.